The summed E-state index contributed by atoms with van der Waals surface area (Å²) >= 11 is 0. The van der Waals surface area contributed by atoms with Gasteiger partial charge in [-0.25, -0.2) is 13.6 Å². The molecule has 0 aromatic rings. The van der Waals surface area contributed by atoms with Gasteiger partial charge in [0.2, 0.25) is 0 Å². The van der Waals surface area contributed by atoms with E-state index in [-0.39, 0.29) is 12.6 Å². The number of hydrogen-bond acceptors (Lipinski definition) is 1. The van der Waals surface area contributed by atoms with Crippen LogP contribution in [0.1, 0.15) is 34.1 Å². The fourth-order valence-electron chi connectivity index (χ4n) is 2.94. The first-order chi connectivity index (χ1) is 8.68. The third-order valence-corrected chi connectivity index (χ3v) is 4.91. The van der Waals surface area contributed by atoms with Crippen LogP contribution in [0.3, 0.4) is 0 Å². The van der Waals surface area contributed by atoms with E-state index in [1.807, 2.05) is 0 Å². The number of alkyl halides is 2. The molecule has 3 nitrogen and oxygen atoms in total. The SMILES string of the molecule is CC(C)[C@@H]1C[C@H]1CNC(=O)NCC1C(C)(C)C1(F)F. The number of halogens is 2. The maximum Gasteiger partial charge on any atom is 0.314 e. The zero-order chi connectivity index (χ0) is 14.4. The predicted molar refractivity (Wildman–Crippen MR) is 70.1 cm³/mol. The highest BCUT2D eigenvalue weighted by Gasteiger charge is 2.74. The molecular weight excluding hydrogens is 250 g/mol. The van der Waals surface area contributed by atoms with Gasteiger partial charge in [-0.05, 0) is 24.2 Å². The molecule has 0 radical (unpaired) electrons. The Morgan fingerprint density at radius 3 is 2.21 bits per heavy atom. The topological polar surface area (TPSA) is 41.1 Å². The van der Waals surface area contributed by atoms with Crippen molar-refractivity contribution in [3.8, 4) is 0 Å². The highest BCUT2D eigenvalue weighted by molar-refractivity contribution is 5.73. The quantitative estimate of drug-likeness (QED) is 0.795. The molecule has 2 fully saturated rings. The van der Waals surface area contributed by atoms with Gasteiger partial charge in [0, 0.05) is 18.5 Å². The van der Waals surface area contributed by atoms with E-state index in [2.05, 4.69) is 24.5 Å². The second-order valence-corrected chi connectivity index (χ2v) is 6.89. The molecule has 2 rings (SSSR count). The summed E-state index contributed by atoms with van der Waals surface area (Å²) in [6.07, 6.45) is 1.16. The van der Waals surface area contributed by atoms with Crippen molar-refractivity contribution in [3.63, 3.8) is 0 Å². The third kappa shape index (κ3) is 2.70. The van der Waals surface area contributed by atoms with E-state index in [1.54, 1.807) is 0 Å². The lowest BCUT2D eigenvalue weighted by Crippen LogP contribution is -2.38. The van der Waals surface area contributed by atoms with Crippen molar-refractivity contribution in [3.05, 3.63) is 0 Å². The molecule has 0 aromatic carbocycles. The number of carbonyl (C=O) groups excluding carboxylic acids is 1. The van der Waals surface area contributed by atoms with Gasteiger partial charge >= 0.3 is 6.03 Å². The fraction of sp³-hybridized carbons (Fsp3) is 0.929. The smallest absolute Gasteiger partial charge is 0.314 e. The molecule has 2 N–H and O–H groups in total. The zero-order valence-corrected chi connectivity index (χ0v) is 12.1. The van der Waals surface area contributed by atoms with Crippen LogP contribution in [0.4, 0.5) is 13.6 Å². The number of rotatable bonds is 5. The summed E-state index contributed by atoms with van der Waals surface area (Å²) in [6.45, 7) is 8.14. The molecule has 110 valence electrons. The van der Waals surface area contributed by atoms with Gasteiger partial charge in [0.15, 0.2) is 0 Å². The van der Waals surface area contributed by atoms with Gasteiger partial charge < -0.3 is 10.6 Å². The van der Waals surface area contributed by atoms with Crippen LogP contribution in [0.15, 0.2) is 0 Å². The van der Waals surface area contributed by atoms with Crippen LogP contribution >= 0.6 is 0 Å². The minimum Gasteiger partial charge on any atom is -0.338 e. The molecule has 2 saturated carbocycles. The van der Waals surface area contributed by atoms with Gasteiger partial charge in [0.1, 0.15) is 0 Å². The van der Waals surface area contributed by atoms with Crippen LogP contribution in [0, 0.1) is 29.1 Å². The Morgan fingerprint density at radius 1 is 1.26 bits per heavy atom. The van der Waals surface area contributed by atoms with Crippen molar-refractivity contribution in [1.82, 2.24) is 10.6 Å². The van der Waals surface area contributed by atoms with Gasteiger partial charge in [0.25, 0.3) is 5.92 Å². The lowest BCUT2D eigenvalue weighted by molar-refractivity contribution is 0.0668. The Bertz CT molecular complexity index is 354. The summed E-state index contributed by atoms with van der Waals surface area (Å²) in [5.41, 5.74) is -0.987. The fourth-order valence-corrected chi connectivity index (χ4v) is 2.94. The maximum atomic E-state index is 13.3. The van der Waals surface area contributed by atoms with Crippen LogP contribution < -0.4 is 10.6 Å². The summed E-state index contributed by atoms with van der Waals surface area (Å²) in [5.74, 6) is -1.48. The molecule has 0 aromatic heterocycles. The molecule has 19 heavy (non-hydrogen) atoms. The molecule has 2 aliphatic rings. The van der Waals surface area contributed by atoms with Crippen molar-refractivity contribution < 1.29 is 13.6 Å². The van der Waals surface area contributed by atoms with E-state index in [4.69, 9.17) is 0 Å². The summed E-state index contributed by atoms with van der Waals surface area (Å²) in [6, 6.07) is -0.326. The molecule has 2 amide bonds. The van der Waals surface area contributed by atoms with Gasteiger partial charge in [-0.15, -0.1) is 0 Å². The van der Waals surface area contributed by atoms with E-state index in [0.29, 0.717) is 24.3 Å². The van der Waals surface area contributed by atoms with Crippen molar-refractivity contribution in [2.24, 2.45) is 29.1 Å². The first-order valence-corrected chi connectivity index (χ1v) is 7.07. The molecular formula is C14H24F2N2O. The van der Waals surface area contributed by atoms with E-state index >= 15 is 0 Å². The molecule has 0 saturated heterocycles. The normalized spacial score (nSPS) is 33.9. The first kappa shape index (κ1) is 14.5. The van der Waals surface area contributed by atoms with E-state index < -0.39 is 17.3 Å². The van der Waals surface area contributed by atoms with Crippen LogP contribution in [-0.2, 0) is 0 Å². The van der Waals surface area contributed by atoms with E-state index in [0.717, 1.165) is 6.42 Å². The summed E-state index contributed by atoms with van der Waals surface area (Å²) < 4.78 is 26.6. The average Bonchev–Trinajstić information content (AvgIpc) is 3.12. The summed E-state index contributed by atoms with van der Waals surface area (Å²) in [4.78, 5) is 11.5. The van der Waals surface area contributed by atoms with Crippen LogP contribution in [0.5, 0.6) is 0 Å². The molecule has 1 unspecified atom stereocenters. The van der Waals surface area contributed by atoms with Crippen LogP contribution in [-0.4, -0.2) is 25.0 Å². The Labute approximate surface area is 113 Å². The van der Waals surface area contributed by atoms with Gasteiger partial charge in [-0.2, -0.15) is 0 Å². The second kappa shape index (κ2) is 4.60. The number of carbonyl (C=O) groups is 1. The maximum absolute atomic E-state index is 13.3. The highest BCUT2D eigenvalue weighted by atomic mass is 19.3. The Balaban J connectivity index is 1.62. The lowest BCUT2D eigenvalue weighted by Gasteiger charge is -2.08. The van der Waals surface area contributed by atoms with Gasteiger partial charge in [-0.1, -0.05) is 27.7 Å². The van der Waals surface area contributed by atoms with E-state index in [1.165, 1.54) is 13.8 Å². The van der Waals surface area contributed by atoms with Crippen LogP contribution in [0.25, 0.3) is 0 Å². The van der Waals surface area contributed by atoms with Crippen molar-refractivity contribution in [2.75, 3.05) is 13.1 Å². The molecule has 2 aliphatic carbocycles. The molecule has 0 spiro atoms. The van der Waals surface area contributed by atoms with Gasteiger partial charge in [0.05, 0.1) is 5.92 Å². The highest BCUT2D eigenvalue weighted by Crippen LogP contribution is 2.65. The first-order valence-electron chi connectivity index (χ1n) is 7.07. The number of amides is 2. The monoisotopic (exact) mass is 274 g/mol. The molecule has 0 bridgehead atoms. The average molecular weight is 274 g/mol. The zero-order valence-electron chi connectivity index (χ0n) is 12.1. The standard InChI is InChI=1S/C14H24F2N2O/c1-8(2)10-5-9(10)6-17-12(19)18-7-11-13(3,4)14(11,15)16/h8-11H,5-7H2,1-4H3,(H2,17,18,19)/t9-,10-,11?/m0/s1. The van der Waals surface area contributed by atoms with E-state index in [9.17, 15) is 13.6 Å². The molecule has 0 aliphatic heterocycles. The number of urea groups is 1. The number of nitrogens with one attached hydrogen (secondary N) is 2. The Morgan fingerprint density at radius 2 is 1.79 bits per heavy atom. The largest absolute Gasteiger partial charge is 0.338 e. The number of hydrogen-bond donors (Lipinski definition) is 2. The van der Waals surface area contributed by atoms with Crippen LogP contribution in [0.2, 0.25) is 0 Å². The molecule has 0 heterocycles. The Hall–Kier alpha value is -0.870. The Kier molecular flexibility index (Phi) is 3.52. The van der Waals surface area contributed by atoms with Crippen molar-refractivity contribution >= 4 is 6.03 Å². The molecule has 3 atom stereocenters. The third-order valence-electron chi connectivity index (χ3n) is 4.91. The minimum absolute atomic E-state index is 0.0457. The lowest BCUT2D eigenvalue weighted by atomic mass is 10.1. The summed E-state index contributed by atoms with van der Waals surface area (Å²) in [5, 5.41) is 5.33. The van der Waals surface area contributed by atoms with Crippen molar-refractivity contribution in [1.29, 1.82) is 0 Å². The minimum atomic E-state index is -2.65. The van der Waals surface area contributed by atoms with Crippen molar-refractivity contribution in [2.45, 2.75) is 40.0 Å². The van der Waals surface area contributed by atoms with Gasteiger partial charge in [-0.3, -0.25) is 0 Å². The summed E-state index contributed by atoms with van der Waals surface area (Å²) in [7, 11) is 0. The molecule has 5 heteroatoms. The second-order valence-electron chi connectivity index (χ2n) is 6.89. The predicted octanol–water partition coefficient (Wildman–Crippen LogP) is 2.87.